The van der Waals surface area contributed by atoms with Gasteiger partial charge in [0.15, 0.2) is 0 Å². The fraction of sp³-hybridized carbons (Fsp3) is 1.00. The van der Waals surface area contributed by atoms with Crippen LogP contribution in [0.25, 0.3) is 0 Å². The van der Waals surface area contributed by atoms with Crippen LogP contribution in [0.15, 0.2) is 0 Å². The Balaban J connectivity index is 2.22. The predicted molar refractivity (Wildman–Crippen MR) is 51.4 cm³/mol. The first-order chi connectivity index (χ1) is 6.64. The van der Waals surface area contributed by atoms with Gasteiger partial charge in [0.1, 0.15) is 6.61 Å². The van der Waals surface area contributed by atoms with Gasteiger partial charge in [0.05, 0.1) is 12.6 Å². The van der Waals surface area contributed by atoms with E-state index in [2.05, 4.69) is 0 Å². The van der Waals surface area contributed by atoms with Crippen molar-refractivity contribution >= 4 is 0 Å². The minimum absolute atomic E-state index is 0.0231. The standard InChI is InChI=1S/C10H19F2NO/c11-10(12,7-13)8-14-9-5-3-1-2-4-6-9/h9H,1-8,13H2. The summed E-state index contributed by atoms with van der Waals surface area (Å²) in [6.45, 7) is -1.14. The van der Waals surface area contributed by atoms with Gasteiger partial charge in [0.25, 0.3) is 5.92 Å². The smallest absolute Gasteiger partial charge is 0.282 e. The molecule has 84 valence electrons. The van der Waals surface area contributed by atoms with Crippen LogP contribution in [0.3, 0.4) is 0 Å². The molecule has 0 heterocycles. The molecule has 1 fully saturated rings. The van der Waals surface area contributed by atoms with E-state index in [1.807, 2.05) is 0 Å². The third-order valence-corrected chi connectivity index (χ3v) is 2.63. The van der Waals surface area contributed by atoms with Crippen LogP contribution in [0.2, 0.25) is 0 Å². The Morgan fingerprint density at radius 3 is 2.21 bits per heavy atom. The summed E-state index contributed by atoms with van der Waals surface area (Å²) in [4.78, 5) is 0. The molecule has 0 saturated heterocycles. The zero-order chi connectivity index (χ0) is 10.4. The molecule has 0 unspecified atom stereocenters. The normalized spacial score (nSPS) is 20.8. The summed E-state index contributed by atoms with van der Waals surface area (Å²) in [7, 11) is 0. The van der Waals surface area contributed by atoms with E-state index in [9.17, 15) is 8.78 Å². The highest BCUT2D eigenvalue weighted by atomic mass is 19.3. The first kappa shape index (κ1) is 11.9. The minimum atomic E-state index is -2.85. The van der Waals surface area contributed by atoms with Gasteiger partial charge in [-0.1, -0.05) is 25.7 Å². The van der Waals surface area contributed by atoms with E-state index in [-0.39, 0.29) is 6.10 Å². The molecular weight excluding hydrogens is 188 g/mol. The molecular formula is C10H19F2NO. The first-order valence-electron chi connectivity index (χ1n) is 5.33. The fourth-order valence-electron chi connectivity index (χ4n) is 1.71. The molecule has 0 atom stereocenters. The van der Waals surface area contributed by atoms with Crippen LogP contribution in [0.5, 0.6) is 0 Å². The van der Waals surface area contributed by atoms with E-state index >= 15 is 0 Å². The van der Waals surface area contributed by atoms with Gasteiger partial charge in [-0.15, -0.1) is 0 Å². The molecule has 2 nitrogen and oxygen atoms in total. The highest BCUT2D eigenvalue weighted by Crippen LogP contribution is 2.22. The van der Waals surface area contributed by atoms with Gasteiger partial charge >= 0.3 is 0 Å². The number of rotatable bonds is 4. The van der Waals surface area contributed by atoms with Crippen LogP contribution >= 0.6 is 0 Å². The monoisotopic (exact) mass is 207 g/mol. The molecule has 0 aromatic carbocycles. The molecule has 1 aliphatic carbocycles. The summed E-state index contributed by atoms with van der Waals surface area (Å²) in [6.07, 6.45) is 6.45. The summed E-state index contributed by atoms with van der Waals surface area (Å²) in [5.41, 5.74) is 4.92. The fourth-order valence-corrected chi connectivity index (χ4v) is 1.71. The second-order valence-electron chi connectivity index (χ2n) is 3.98. The van der Waals surface area contributed by atoms with Gasteiger partial charge in [0.2, 0.25) is 0 Å². The second-order valence-corrected chi connectivity index (χ2v) is 3.98. The molecule has 1 saturated carbocycles. The Hall–Kier alpha value is -0.220. The number of hydrogen-bond acceptors (Lipinski definition) is 2. The average molecular weight is 207 g/mol. The molecule has 0 radical (unpaired) electrons. The molecule has 0 amide bonds. The highest BCUT2D eigenvalue weighted by Gasteiger charge is 2.28. The van der Waals surface area contributed by atoms with E-state index in [0.29, 0.717) is 0 Å². The van der Waals surface area contributed by atoms with Crippen LogP contribution in [0.4, 0.5) is 8.78 Å². The van der Waals surface area contributed by atoms with E-state index in [4.69, 9.17) is 10.5 Å². The van der Waals surface area contributed by atoms with Crippen LogP contribution in [0, 0.1) is 0 Å². The van der Waals surface area contributed by atoms with Crippen LogP contribution in [-0.2, 0) is 4.74 Å². The third kappa shape index (κ3) is 4.33. The maximum atomic E-state index is 12.8. The average Bonchev–Trinajstić information content (AvgIpc) is 2.43. The summed E-state index contributed by atoms with van der Waals surface area (Å²) >= 11 is 0. The molecule has 0 aromatic rings. The van der Waals surface area contributed by atoms with Gasteiger partial charge in [-0.3, -0.25) is 0 Å². The molecule has 0 aliphatic heterocycles. The zero-order valence-corrected chi connectivity index (χ0v) is 8.48. The van der Waals surface area contributed by atoms with Crippen molar-refractivity contribution in [1.82, 2.24) is 0 Å². The molecule has 14 heavy (non-hydrogen) atoms. The predicted octanol–water partition coefficient (Wildman–Crippen LogP) is 2.32. The van der Waals surface area contributed by atoms with E-state index in [0.717, 1.165) is 25.7 Å². The largest absolute Gasteiger partial charge is 0.372 e. The lowest BCUT2D eigenvalue weighted by atomic mass is 10.1. The van der Waals surface area contributed by atoms with E-state index < -0.39 is 19.1 Å². The lowest BCUT2D eigenvalue weighted by Crippen LogP contribution is -2.34. The zero-order valence-electron chi connectivity index (χ0n) is 8.48. The van der Waals surface area contributed by atoms with Gasteiger partial charge in [-0.25, -0.2) is 8.78 Å². The Labute approximate surface area is 83.8 Å². The maximum absolute atomic E-state index is 12.8. The Morgan fingerprint density at radius 1 is 1.14 bits per heavy atom. The first-order valence-corrected chi connectivity index (χ1v) is 5.33. The topological polar surface area (TPSA) is 35.2 Å². The second kappa shape index (κ2) is 5.61. The molecule has 2 N–H and O–H groups in total. The third-order valence-electron chi connectivity index (χ3n) is 2.63. The van der Waals surface area contributed by atoms with Crippen molar-refractivity contribution < 1.29 is 13.5 Å². The summed E-state index contributed by atoms with van der Waals surface area (Å²) in [6, 6.07) is 0. The van der Waals surface area contributed by atoms with Crippen molar-refractivity contribution in [1.29, 1.82) is 0 Å². The van der Waals surface area contributed by atoms with Gasteiger partial charge < -0.3 is 10.5 Å². The lowest BCUT2D eigenvalue weighted by molar-refractivity contribution is -0.0953. The number of ether oxygens (including phenoxy) is 1. The van der Waals surface area contributed by atoms with Gasteiger partial charge in [-0.2, -0.15) is 0 Å². The van der Waals surface area contributed by atoms with Crippen molar-refractivity contribution in [3.8, 4) is 0 Å². The van der Waals surface area contributed by atoms with Crippen molar-refractivity contribution in [3.05, 3.63) is 0 Å². The lowest BCUT2D eigenvalue weighted by Gasteiger charge is -2.19. The molecule has 4 heteroatoms. The number of alkyl halides is 2. The van der Waals surface area contributed by atoms with Crippen molar-refractivity contribution in [2.75, 3.05) is 13.2 Å². The van der Waals surface area contributed by atoms with Crippen LogP contribution < -0.4 is 5.73 Å². The summed E-state index contributed by atoms with van der Waals surface area (Å²) in [5.74, 6) is -2.85. The number of halogens is 2. The van der Waals surface area contributed by atoms with Gasteiger partial charge in [0, 0.05) is 0 Å². The Kier molecular flexibility index (Phi) is 4.75. The minimum Gasteiger partial charge on any atom is -0.372 e. The van der Waals surface area contributed by atoms with Crippen molar-refractivity contribution in [3.63, 3.8) is 0 Å². The van der Waals surface area contributed by atoms with Gasteiger partial charge in [-0.05, 0) is 12.8 Å². The number of nitrogens with two attached hydrogens (primary N) is 1. The summed E-state index contributed by atoms with van der Waals surface area (Å²) in [5, 5.41) is 0. The quantitative estimate of drug-likeness (QED) is 0.718. The molecule has 0 spiro atoms. The highest BCUT2D eigenvalue weighted by molar-refractivity contribution is 4.69. The maximum Gasteiger partial charge on any atom is 0.282 e. The molecule has 0 bridgehead atoms. The van der Waals surface area contributed by atoms with Crippen molar-refractivity contribution in [2.45, 2.75) is 50.6 Å². The van der Waals surface area contributed by atoms with E-state index in [1.165, 1.54) is 12.8 Å². The van der Waals surface area contributed by atoms with E-state index in [1.54, 1.807) is 0 Å². The Morgan fingerprint density at radius 2 is 1.71 bits per heavy atom. The summed E-state index contributed by atoms with van der Waals surface area (Å²) < 4.78 is 30.7. The SMILES string of the molecule is NCC(F)(F)COC1CCCCCC1. The van der Waals surface area contributed by atoms with Crippen LogP contribution in [0.1, 0.15) is 38.5 Å². The number of hydrogen-bond donors (Lipinski definition) is 1. The molecule has 1 rings (SSSR count). The van der Waals surface area contributed by atoms with Crippen molar-refractivity contribution in [2.24, 2.45) is 5.73 Å². The Bertz CT molecular complexity index is 156. The molecule has 1 aliphatic rings. The molecule has 0 aromatic heterocycles. The van der Waals surface area contributed by atoms with Crippen LogP contribution in [-0.4, -0.2) is 25.2 Å².